The van der Waals surface area contributed by atoms with E-state index in [1.165, 1.54) is 12.3 Å². The second-order valence-corrected chi connectivity index (χ2v) is 9.63. The Morgan fingerprint density at radius 2 is 1.73 bits per heavy atom. The Morgan fingerprint density at radius 3 is 2.32 bits per heavy atom. The van der Waals surface area contributed by atoms with Gasteiger partial charge in [0.25, 0.3) is 11.8 Å². The van der Waals surface area contributed by atoms with Gasteiger partial charge in [-0.05, 0) is 60.4 Å². The van der Waals surface area contributed by atoms with Gasteiger partial charge in [-0.1, -0.05) is 48.3 Å². The number of carbonyl (C=O) groups is 2. The molecule has 3 atom stereocenters. The summed E-state index contributed by atoms with van der Waals surface area (Å²) in [5.41, 5.74) is 1.84. The summed E-state index contributed by atoms with van der Waals surface area (Å²) in [5.74, 6) is -5.21. The lowest BCUT2D eigenvalue weighted by atomic mass is 9.89. The minimum absolute atomic E-state index is 0.0631. The number of aliphatic hydroxyl groups excluding tert-OH is 2. The van der Waals surface area contributed by atoms with Crippen LogP contribution in [0.3, 0.4) is 0 Å². The summed E-state index contributed by atoms with van der Waals surface area (Å²) in [6.45, 7) is 2.33. The first-order valence-corrected chi connectivity index (χ1v) is 12.4. The minimum Gasteiger partial charge on any atom is -0.391 e. The van der Waals surface area contributed by atoms with Gasteiger partial charge in [-0.2, -0.15) is 4.39 Å². The van der Waals surface area contributed by atoms with Crippen LogP contribution in [-0.2, 0) is 21.9 Å². The molecule has 2 unspecified atom stereocenters. The lowest BCUT2D eigenvalue weighted by Crippen LogP contribution is -2.50. The summed E-state index contributed by atoms with van der Waals surface area (Å²) in [6, 6.07) is 13.2. The highest BCUT2D eigenvalue weighted by Crippen LogP contribution is 2.47. The molecule has 0 spiro atoms. The summed E-state index contributed by atoms with van der Waals surface area (Å²) in [7, 11) is 0. The van der Waals surface area contributed by atoms with Gasteiger partial charge in [-0.25, -0.2) is 4.90 Å². The standard InChI is InChI=1S/C27H25Cl2FN2O5/c1-3-20(34)14-37-27(30)24-22(26(36)32(27)25(35)15(2)33)11-10-21(16-4-6-17(28)7-5-16)23(24)12-19-9-8-18(29)13-31-19/h4-11,13,15,20,33-34H,3,12,14H2,1-2H3/t15?,20?,27-/m1/s1. The third kappa shape index (κ3) is 5.26. The van der Waals surface area contributed by atoms with Crippen molar-refractivity contribution in [2.45, 2.75) is 44.9 Å². The number of ether oxygens (including phenoxy) is 1. The molecule has 2 heterocycles. The zero-order valence-electron chi connectivity index (χ0n) is 20.1. The average Bonchev–Trinajstić information content (AvgIpc) is 3.11. The molecule has 0 saturated carbocycles. The van der Waals surface area contributed by atoms with Crippen molar-refractivity contribution in [1.29, 1.82) is 0 Å². The van der Waals surface area contributed by atoms with Crippen molar-refractivity contribution in [2.75, 3.05) is 6.61 Å². The number of amides is 2. The number of rotatable bonds is 8. The van der Waals surface area contributed by atoms with Gasteiger partial charge in [-0.15, -0.1) is 0 Å². The van der Waals surface area contributed by atoms with Crippen molar-refractivity contribution in [3.8, 4) is 11.1 Å². The van der Waals surface area contributed by atoms with E-state index >= 15 is 4.39 Å². The first-order chi connectivity index (χ1) is 17.6. The molecule has 194 valence electrons. The van der Waals surface area contributed by atoms with Crippen LogP contribution < -0.4 is 0 Å². The molecule has 0 radical (unpaired) electrons. The number of nitrogens with zero attached hydrogens (tertiary/aromatic N) is 2. The number of hydrogen-bond acceptors (Lipinski definition) is 6. The van der Waals surface area contributed by atoms with Gasteiger partial charge in [0, 0.05) is 23.3 Å². The van der Waals surface area contributed by atoms with E-state index in [9.17, 15) is 19.8 Å². The second-order valence-electron chi connectivity index (χ2n) is 8.75. The Hall–Kier alpha value is -2.88. The van der Waals surface area contributed by atoms with Crippen molar-refractivity contribution in [3.05, 3.63) is 87.2 Å². The Balaban J connectivity index is 1.97. The van der Waals surface area contributed by atoms with E-state index in [4.69, 9.17) is 27.9 Å². The largest absolute Gasteiger partial charge is 0.391 e. The highest BCUT2D eigenvalue weighted by atomic mass is 35.5. The molecule has 0 saturated heterocycles. The maximum atomic E-state index is 17.1. The number of alkyl halides is 1. The fourth-order valence-corrected chi connectivity index (χ4v) is 4.44. The molecule has 37 heavy (non-hydrogen) atoms. The Labute approximate surface area is 223 Å². The first kappa shape index (κ1) is 27.2. The van der Waals surface area contributed by atoms with Crippen LogP contribution in [0.4, 0.5) is 4.39 Å². The van der Waals surface area contributed by atoms with Gasteiger partial charge in [0.1, 0.15) is 6.10 Å². The Bertz CT molecular complexity index is 1320. The molecule has 2 N–H and O–H groups in total. The Morgan fingerprint density at radius 1 is 1.08 bits per heavy atom. The number of carbonyl (C=O) groups excluding carboxylic acids is 2. The van der Waals surface area contributed by atoms with Crippen LogP contribution in [-0.4, -0.2) is 50.7 Å². The molecule has 7 nitrogen and oxygen atoms in total. The molecular formula is C27H25Cl2FN2O5. The molecule has 3 aromatic rings. The van der Waals surface area contributed by atoms with E-state index < -0.39 is 36.6 Å². The molecule has 0 fully saturated rings. The van der Waals surface area contributed by atoms with Gasteiger partial charge >= 0.3 is 5.98 Å². The molecule has 1 aromatic heterocycles. The summed E-state index contributed by atoms with van der Waals surface area (Å²) in [4.78, 5) is 30.9. The number of imide groups is 1. The van der Waals surface area contributed by atoms with E-state index in [2.05, 4.69) is 4.98 Å². The van der Waals surface area contributed by atoms with Crippen LogP contribution in [0.15, 0.2) is 54.7 Å². The van der Waals surface area contributed by atoms with E-state index in [0.29, 0.717) is 32.4 Å². The zero-order valence-corrected chi connectivity index (χ0v) is 21.6. The Kier molecular flexibility index (Phi) is 7.96. The number of fused-ring (bicyclic) bond motifs is 1. The second kappa shape index (κ2) is 10.8. The fraction of sp³-hybridized carbons (Fsp3) is 0.296. The SMILES string of the molecule is CCC(O)CO[C@@]1(F)c2c(ccc(-c3ccc(Cl)cc3)c2Cc2ccc(Cl)cn2)C(=O)N1C(=O)C(C)O. The maximum Gasteiger partial charge on any atom is 0.327 e. The molecule has 10 heteroatoms. The third-order valence-electron chi connectivity index (χ3n) is 6.16. The molecule has 1 aliphatic rings. The number of pyridine rings is 1. The van der Waals surface area contributed by atoms with Crippen LogP contribution in [0, 0.1) is 0 Å². The quantitative estimate of drug-likeness (QED) is 0.390. The van der Waals surface area contributed by atoms with Crippen LogP contribution in [0.5, 0.6) is 0 Å². The topological polar surface area (TPSA) is 100.0 Å². The van der Waals surface area contributed by atoms with E-state index in [1.807, 2.05) is 0 Å². The zero-order chi connectivity index (χ0) is 26.9. The fourth-order valence-electron chi connectivity index (χ4n) is 4.21. The van der Waals surface area contributed by atoms with E-state index in [-0.39, 0.29) is 28.9 Å². The van der Waals surface area contributed by atoms with Gasteiger partial charge in [0.15, 0.2) is 0 Å². The van der Waals surface area contributed by atoms with E-state index in [0.717, 1.165) is 6.92 Å². The molecule has 1 aliphatic heterocycles. The van der Waals surface area contributed by atoms with Gasteiger partial charge in [-0.3, -0.25) is 14.6 Å². The summed E-state index contributed by atoms with van der Waals surface area (Å²) >= 11 is 12.1. The molecule has 2 aromatic carbocycles. The lowest BCUT2D eigenvalue weighted by molar-refractivity contribution is -0.240. The molecule has 2 amide bonds. The smallest absolute Gasteiger partial charge is 0.327 e. The van der Waals surface area contributed by atoms with Crippen molar-refractivity contribution < 1.29 is 28.9 Å². The number of hydrogen-bond donors (Lipinski definition) is 2. The van der Waals surface area contributed by atoms with Gasteiger partial charge < -0.3 is 14.9 Å². The van der Waals surface area contributed by atoms with Crippen molar-refractivity contribution in [2.24, 2.45) is 0 Å². The van der Waals surface area contributed by atoms with Crippen LogP contribution in [0.1, 0.15) is 47.4 Å². The van der Waals surface area contributed by atoms with Crippen molar-refractivity contribution in [1.82, 2.24) is 9.88 Å². The van der Waals surface area contributed by atoms with Crippen molar-refractivity contribution in [3.63, 3.8) is 0 Å². The lowest BCUT2D eigenvalue weighted by Gasteiger charge is -2.32. The van der Waals surface area contributed by atoms with Crippen molar-refractivity contribution >= 4 is 35.0 Å². The number of aromatic nitrogens is 1. The molecule has 0 bridgehead atoms. The maximum absolute atomic E-state index is 17.1. The first-order valence-electron chi connectivity index (χ1n) is 11.7. The number of halogens is 3. The minimum atomic E-state index is -3.08. The van der Waals surface area contributed by atoms with Gasteiger partial charge in [0.05, 0.1) is 28.9 Å². The molecule has 0 aliphatic carbocycles. The third-order valence-corrected chi connectivity index (χ3v) is 6.64. The summed E-state index contributed by atoms with van der Waals surface area (Å²) in [5, 5.41) is 21.0. The molecular weight excluding hydrogens is 522 g/mol. The van der Waals surface area contributed by atoms with E-state index in [1.54, 1.807) is 49.4 Å². The van der Waals surface area contributed by atoms with Crippen LogP contribution >= 0.6 is 23.2 Å². The van der Waals surface area contributed by atoms with Gasteiger partial charge in [0.2, 0.25) is 0 Å². The number of aliphatic hydroxyl groups is 2. The predicted octanol–water partition coefficient (Wildman–Crippen LogP) is 4.88. The molecule has 4 rings (SSSR count). The number of benzene rings is 2. The van der Waals surface area contributed by atoms with Crippen LogP contribution in [0.25, 0.3) is 11.1 Å². The summed E-state index contributed by atoms with van der Waals surface area (Å²) < 4.78 is 22.6. The highest BCUT2D eigenvalue weighted by molar-refractivity contribution is 6.30. The highest BCUT2D eigenvalue weighted by Gasteiger charge is 2.57. The van der Waals surface area contributed by atoms with Crippen LogP contribution in [0.2, 0.25) is 10.0 Å². The normalized spacial score (nSPS) is 18.6. The monoisotopic (exact) mass is 546 g/mol. The average molecular weight is 547 g/mol. The predicted molar refractivity (Wildman–Crippen MR) is 137 cm³/mol. The summed E-state index contributed by atoms with van der Waals surface area (Å²) in [6.07, 6.45) is -0.949.